The van der Waals surface area contributed by atoms with Crippen molar-refractivity contribution < 1.29 is 23.9 Å². The number of hydrogen-bond donors (Lipinski definition) is 1. The molecule has 140 valence electrons. The Labute approximate surface area is 161 Å². The van der Waals surface area contributed by atoms with Gasteiger partial charge in [-0.3, -0.25) is 4.79 Å². The zero-order valence-corrected chi connectivity index (χ0v) is 15.4. The summed E-state index contributed by atoms with van der Waals surface area (Å²) in [6.07, 6.45) is 2.71. The minimum atomic E-state index is -0.664. The first-order valence-electron chi connectivity index (χ1n) is 8.16. The second-order valence-corrected chi connectivity index (χ2v) is 5.72. The van der Waals surface area contributed by atoms with Gasteiger partial charge in [-0.15, -0.1) is 0 Å². The highest BCUT2D eigenvalue weighted by Gasteiger charge is 2.08. The third-order valence-electron chi connectivity index (χ3n) is 3.33. The summed E-state index contributed by atoms with van der Waals surface area (Å²) in [6.45, 7) is 1.57. The number of anilines is 1. The average molecular weight is 388 g/mol. The Hall–Kier alpha value is -3.12. The molecular weight excluding hydrogens is 370 g/mol. The molecule has 6 nitrogen and oxygen atoms in total. The molecule has 0 unspecified atom stereocenters. The fourth-order valence-electron chi connectivity index (χ4n) is 2.05. The fraction of sp³-hybridized carbons (Fsp3) is 0.150. The van der Waals surface area contributed by atoms with Crippen LogP contribution in [-0.4, -0.2) is 31.1 Å². The molecule has 2 aromatic carbocycles. The number of halogens is 1. The molecule has 0 aliphatic rings. The standard InChI is InChI=1S/C20H18ClNO5/c1-2-26-20(25)15-7-10-16(11-8-15)22-18(23)13-27-19(24)12-9-14-5-3-4-6-17(14)21/h3-12H,2,13H2,1H3,(H,22,23)/b12-9+. The molecule has 27 heavy (non-hydrogen) atoms. The number of ether oxygens (including phenoxy) is 2. The van der Waals surface area contributed by atoms with Crippen LogP contribution in [0.1, 0.15) is 22.8 Å². The van der Waals surface area contributed by atoms with Gasteiger partial charge in [0.1, 0.15) is 0 Å². The monoisotopic (exact) mass is 387 g/mol. The normalized spacial score (nSPS) is 10.4. The van der Waals surface area contributed by atoms with E-state index in [0.717, 1.165) is 0 Å². The minimum Gasteiger partial charge on any atom is -0.462 e. The van der Waals surface area contributed by atoms with E-state index < -0.39 is 24.5 Å². The lowest BCUT2D eigenvalue weighted by Gasteiger charge is -2.06. The summed E-state index contributed by atoms with van der Waals surface area (Å²) >= 11 is 5.98. The first-order valence-corrected chi connectivity index (χ1v) is 8.53. The Bertz CT molecular complexity index is 846. The van der Waals surface area contributed by atoms with E-state index in [9.17, 15) is 14.4 Å². The van der Waals surface area contributed by atoms with E-state index >= 15 is 0 Å². The van der Waals surface area contributed by atoms with Crippen molar-refractivity contribution >= 4 is 41.2 Å². The second-order valence-electron chi connectivity index (χ2n) is 5.31. The predicted octanol–water partition coefficient (Wildman–Crippen LogP) is 3.71. The molecule has 2 rings (SSSR count). The lowest BCUT2D eigenvalue weighted by molar-refractivity contribution is -0.142. The van der Waals surface area contributed by atoms with Gasteiger partial charge in [-0.2, -0.15) is 0 Å². The first kappa shape index (κ1) is 20.2. The van der Waals surface area contributed by atoms with Crippen molar-refractivity contribution in [2.45, 2.75) is 6.92 Å². The third-order valence-corrected chi connectivity index (χ3v) is 3.67. The van der Waals surface area contributed by atoms with Crippen LogP contribution >= 0.6 is 11.6 Å². The summed E-state index contributed by atoms with van der Waals surface area (Å²) < 4.78 is 9.75. The van der Waals surface area contributed by atoms with Crippen LogP contribution in [0.25, 0.3) is 6.08 Å². The topological polar surface area (TPSA) is 81.7 Å². The van der Waals surface area contributed by atoms with Gasteiger partial charge in [-0.1, -0.05) is 29.8 Å². The molecule has 0 atom stereocenters. The van der Waals surface area contributed by atoms with Crippen LogP contribution in [0.2, 0.25) is 5.02 Å². The van der Waals surface area contributed by atoms with E-state index in [1.807, 2.05) is 0 Å². The summed E-state index contributed by atoms with van der Waals surface area (Å²) in [7, 11) is 0. The van der Waals surface area contributed by atoms with Crippen LogP contribution in [0.4, 0.5) is 5.69 Å². The molecule has 1 N–H and O–H groups in total. The molecule has 0 heterocycles. The van der Waals surface area contributed by atoms with Crippen LogP contribution in [0.15, 0.2) is 54.6 Å². The van der Waals surface area contributed by atoms with E-state index in [1.54, 1.807) is 43.3 Å². The average Bonchev–Trinajstić information content (AvgIpc) is 2.66. The van der Waals surface area contributed by atoms with E-state index in [1.165, 1.54) is 24.3 Å². The molecular formula is C20H18ClNO5. The zero-order valence-electron chi connectivity index (χ0n) is 14.6. The van der Waals surface area contributed by atoms with Gasteiger partial charge in [0.15, 0.2) is 6.61 Å². The summed E-state index contributed by atoms with van der Waals surface area (Å²) in [5.41, 5.74) is 1.52. The molecule has 2 aromatic rings. The quantitative estimate of drug-likeness (QED) is 0.578. The van der Waals surface area contributed by atoms with Crippen LogP contribution in [0.5, 0.6) is 0 Å². The van der Waals surface area contributed by atoms with Crippen molar-refractivity contribution in [1.82, 2.24) is 0 Å². The van der Waals surface area contributed by atoms with Crippen molar-refractivity contribution in [3.8, 4) is 0 Å². The van der Waals surface area contributed by atoms with Crippen molar-refractivity contribution in [3.63, 3.8) is 0 Å². The van der Waals surface area contributed by atoms with Gasteiger partial charge in [-0.05, 0) is 48.9 Å². The van der Waals surface area contributed by atoms with Gasteiger partial charge in [0.25, 0.3) is 5.91 Å². The van der Waals surface area contributed by atoms with E-state index in [4.69, 9.17) is 21.1 Å². The molecule has 0 saturated heterocycles. The number of esters is 2. The van der Waals surface area contributed by atoms with Gasteiger partial charge in [0, 0.05) is 16.8 Å². The molecule has 0 aliphatic carbocycles. The minimum absolute atomic E-state index is 0.285. The first-order chi connectivity index (χ1) is 13.0. The maximum atomic E-state index is 11.8. The van der Waals surface area contributed by atoms with Crippen LogP contribution in [0, 0.1) is 0 Å². The predicted molar refractivity (Wildman–Crippen MR) is 102 cm³/mol. The summed E-state index contributed by atoms with van der Waals surface area (Å²) in [5.74, 6) is -1.60. The number of nitrogens with one attached hydrogen (secondary N) is 1. The van der Waals surface area contributed by atoms with E-state index in [2.05, 4.69) is 5.32 Å². The number of hydrogen-bond acceptors (Lipinski definition) is 5. The van der Waals surface area contributed by atoms with Crippen molar-refractivity contribution in [2.75, 3.05) is 18.5 Å². The van der Waals surface area contributed by atoms with Crippen LogP contribution in [0.3, 0.4) is 0 Å². The number of benzene rings is 2. The number of carbonyl (C=O) groups excluding carboxylic acids is 3. The molecule has 0 aromatic heterocycles. The number of carbonyl (C=O) groups is 3. The summed E-state index contributed by atoms with van der Waals surface area (Å²) in [4.78, 5) is 35.1. The van der Waals surface area contributed by atoms with Crippen molar-refractivity contribution in [3.05, 3.63) is 70.8 Å². The molecule has 1 amide bonds. The van der Waals surface area contributed by atoms with E-state index in [0.29, 0.717) is 21.8 Å². The highest BCUT2D eigenvalue weighted by atomic mass is 35.5. The Kier molecular flexibility index (Phi) is 7.58. The van der Waals surface area contributed by atoms with Gasteiger partial charge in [0.2, 0.25) is 0 Å². The van der Waals surface area contributed by atoms with Gasteiger partial charge >= 0.3 is 11.9 Å². The highest BCUT2D eigenvalue weighted by Crippen LogP contribution is 2.16. The Morgan fingerprint density at radius 2 is 1.74 bits per heavy atom. The summed E-state index contributed by atoms with van der Waals surface area (Å²) in [6, 6.07) is 13.2. The largest absolute Gasteiger partial charge is 0.462 e. The Morgan fingerprint density at radius 1 is 1.04 bits per heavy atom. The maximum Gasteiger partial charge on any atom is 0.338 e. The number of rotatable bonds is 7. The lowest BCUT2D eigenvalue weighted by Crippen LogP contribution is -2.20. The van der Waals surface area contributed by atoms with Crippen molar-refractivity contribution in [1.29, 1.82) is 0 Å². The molecule has 0 bridgehead atoms. The SMILES string of the molecule is CCOC(=O)c1ccc(NC(=O)COC(=O)/C=C/c2ccccc2Cl)cc1. The van der Waals surface area contributed by atoms with Gasteiger partial charge < -0.3 is 14.8 Å². The molecule has 0 spiro atoms. The number of amides is 1. The third kappa shape index (κ3) is 6.60. The molecule has 0 saturated carbocycles. The van der Waals surface area contributed by atoms with Gasteiger partial charge in [-0.25, -0.2) is 9.59 Å². The highest BCUT2D eigenvalue weighted by molar-refractivity contribution is 6.32. The fourth-order valence-corrected chi connectivity index (χ4v) is 2.25. The molecule has 7 heteroatoms. The van der Waals surface area contributed by atoms with Crippen molar-refractivity contribution in [2.24, 2.45) is 0 Å². The molecule has 0 aliphatic heterocycles. The van der Waals surface area contributed by atoms with Crippen LogP contribution < -0.4 is 5.32 Å². The van der Waals surface area contributed by atoms with Gasteiger partial charge in [0.05, 0.1) is 12.2 Å². The zero-order chi connectivity index (χ0) is 19.6. The van der Waals surface area contributed by atoms with Crippen LogP contribution in [-0.2, 0) is 19.1 Å². The Morgan fingerprint density at radius 3 is 2.41 bits per heavy atom. The second kappa shape index (κ2) is 10.1. The maximum absolute atomic E-state index is 11.8. The molecule has 0 fully saturated rings. The smallest absolute Gasteiger partial charge is 0.338 e. The van der Waals surface area contributed by atoms with E-state index in [-0.39, 0.29) is 6.61 Å². The molecule has 0 radical (unpaired) electrons. The summed E-state index contributed by atoms with van der Waals surface area (Å²) in [5, 5.41) is 3.07. The lowest BCUT2D eigenvalue weighted by atomic mass is 10.2. The Balaban J connectivity index is 1.81.